The fourth-order valence-electron chi connectivity index (χ4n) is 3.59. The van der Waals surface area contributed by atoms with Gasteiger partial charge in [0, 0.05) is 45.2 Å². The monoisotopic (exact) mass is 378 g/mol. The zero-order valence-corrected chi connectivity index (χ0v) is 16.5. The first-order valence-electron chi connectivity index (χ1n) is 10.2. The highest BCUT2D eigenvalue weighted by Crippen LogP contribution is 2.19. The third kappa shape index (κ3) is 7.34. The number of allylic oxidation sites excluding steroid dienone is 2. The number of piperazine rings is 1. The van der Waals surface area contributed by atoms with Gasteiger partial charge in [-0.25, -0.2) is 10.3 Å². The zero-order valence-electron chi connectivity index (χ0n) is 16.5. The predicted octanol–water partition coefficient (Wildman–Crippen LogP) is 2.43. The molecule has 0 aromatic rings. The van der Waals surface area contributed by atoms with Crippen molar-refractivity contribution in [3.05, 3.63) is 23.8 Å². The van der Waals surface area contributed by atoms with Crippen molar-refractivity contribution in [1.29, 1.82) is 0 Å². The molecule has 7 heteroatoms. The van der Waals surface area contributed by atoms with E-state index < -0.39 is 0 Å². The lowest BCUT2D eigenvalue weighted by Gasteiger charge is -2.38. The summed E-state index contributed by atoms with van der Waals surface area (Å²) in [6, 6.07) is 0.443. The van der Waals surface area contributed by atoms with E-state index >= 15 is 0 Å². The molecule has 7 nitrogen and oxygen atoms in total. The summed E-state index contributed by atoms with van der Waals surface area (Å²) in [6.07, 6.45) is 13.0. The number of urea groups is 1. The average molecular weight is 379 g/mol. The van der Waals surface area contributed by atoms with E-state index in [4.69, 9.17) is 5.21 Å². The van der Waals surface area contributed by atoms with Crippen molar-refractivity contribution in [2.24, 2.45) is 0 Å². The second-order valence-electron chi connectivity index (χ2n) is 7.31. The number of hydrogen-bond donors (Lipinski definition) is 3. The Morgan fingerprint density at radius 1 is 1.11 bits per heavy atom. The van der Waals surface area contributed by atoms with Crippen molar-refractivity contribution >= 4 is 11.9 Å². The molecule has 27 heavy (non-hydrogen) atoms. The van der Waals surface area contributed by atoms with Crippen molar-refractivity contribution in [2.45, 2.75) is 57.9 Å². The minimum atomic E-state index is -0.340. The van der Waals surface area contributed by atoms with Crippen LogP contribution in [0.2, 0.25) is 0 Å². The van der Waals surface area contributed by atoms with E-state index in [1.54, 1.807) is 5.48 Å². The number of hydroxylamine groups is 1. The molecule has 1 fully saturated rings. The Labute approximate surface area is 162 Å². The van der Waals surface area contributed by atoms with Crippen LogP contribution in [-0.2, 0) is 4.79 Å². The minimum Gasteiger partial charge on any atom is -0.338 e. The molecule has 0 saturated carbocycles. The zero-order chi connectivity index (χ0) is 19.5. The van der Waals surface area contributed by atoms with Crippen LogP contribution in [-0.4, -0.2) is 65.7 Å². The van der Waals surface area contributed by atoms with Crippen LogP contribution < -0.4 is 10.8 Å². The molecule has 1 saturated heterocycles. The SMILES string of the molecule is CC(C1=CCCC=C1)N1CCN(C(=O)NCCCCCCC(=O)NO)CC1. The number of carbonyl (C=O) groups is 2. The second kappa shape index (κ2) is 11.8. The standard InChI is InChI=1S/C20H34N4O3/c1-17(18-9-5-4-6-10-18)23-13-15-24(16-14-23)20(26)21-12-8-3-2-7-11-19(25)22-27/h5,9-10,17,27H,2-4,6-8,11-16H2,1H3,(H,21,26)(H,22,25). The molecule has 3 amide bonds. The molecule has 1 aliphatic heterocycles. The van der Waals surface area contributed by atoms with Crippen LogP contribution in [0, 0.1) is 0 Å². The van der Waals surface area contributed by atoms with Crippen molar-refractivity contribution in [3.8, 4) is 0 Å². The highest BCUT2D eigenvalue weighted by Gasteiger charge is 2.25. The van der Waals surface area contributed by atoms with Gasteiger partial charge in [-0.2, -0.15) is 0 Å². The first-order valence-corrected chi connectivity index (χ1v) is 10.2. The van der Waals surface area contributed by atoms with Gasteiger partial charge in [-0.3, -0.25) is 14.9 Å². The first kappa shape index (κ1) is 21.4. The molecular weight excluding hydrogens is 344 g/mol. The van der Waals surface area contributed by atoms with E-state index in [0.717, 1.165) is 64.7 Å². The number of unbranched alkanes of at least 4 members (excludes halogenated alkanes) is 3. The van der Waals surface area contributed by atoms with E-state index in [2.05, 4.69) is 35.4 Å². The molecule has 0 radical (unpaired) electrons. The molecule has 2 aliphatic rings. The highest BCUT2D eigenvalue weighted by atomic mass is 16.5. The van der Waals surface area contributed by atoms with Gasteiger partial charge in [-0.15, -0.1) is 0 Å². The summed E-state index contributed by atoms with van der Waals surface area (Å²) in [5, 5.41) is 11.4. The third-order valence-electron chi connectivity index (χ3n) is 5.39. The van der Waals surface area contributed by atoms with Crippen LogP contribution in [0.4, 0.5) is 4.79 Å². The Kier molecular flexibility index (Phi) is 9.35. The van der Waals surface area contributed by atoms with E-state index in [1.165, 1.54) is 5.57 Å². The lowest BCUT2D eigenvalue weighted by atomic mass is 10.00. The van der Waals surface area contributed by atoms with Gasteiger partial charge in [0.15, 0.2) is 0 Å². The summed E-state index contributed by atoms with van der Waals surface area (Å²) in [7, 11) is 0. The average Bonchev–Trinajstić information content (AvgIpc) is 2.72. The van der Waals surface area contributed by atoms with E-state index in [1.807, 2.05) is 4.90 Å². The number of hydrogen-bond acceptors (Lipinski definition) is 4. The van der Waals surface area contributed by atoms with Gasteiger partial charge < -0.3 is 10.2 Å². The molecule has 152 valence electrons. The number of nitrogens with zero attached hydrogens (tertiary/aromatic N) is 2. The van der Waals surface area contributed by atoms with Crippen molar-refractivity contribution in [2.75, 3.05) is 32.7 Å². The molecule has 2 rings (SSSR count). The highest BCUT2D eigenvalue weighted by molar-refractivity contribution is 5.74. The number of rotatable bonds is 9. The fraction of sp³-hybridized carbons (Fsp3) is 0.700. The summed E-state index contributed by atoms with van der Waals surface area (Å²) >= 11 is 0. The molecular formula is C20H34N4O3. The number of amides is 3. The maximum atomic E-state index is 12.3. The molecule has 1 aliphatic carbocycles. The molecule has 0 aromatic carbocycles. The Morgan fingerprint density at radius 2 is 1.85 bits per heavy atom. The van der Waals surface area contributed by atoms with E-state index in [9.17, 15) is 9.59 Å². The van der Waals surface area contributed by atoms with Crippen molar-refractivity contribution in [1.82, 2.24) is 20.6 Å². The van der Waals surface area contributed by atoms with Gasteiger partial charge in [-0.05, 0) is 38.2 Å². The molecule has 0 aromatic heterocycles. The quantitative estimate of drug-likeness (QED) is 0.327. The molecule has 0 spiro atoms. The minimum absolute atomic E-state index is 0.0266. The first-order chi connectivity index (χ1) is 13.1. The maximum absolute atomic E-state index is 12.3. The predicted molar refractivity (Wildman–Crippen MR) is 105 cm³/mol. The van der Waals surface area contributed by atoms with Crippen molar-refractivity contribution < 1.29 is 14.8 Å². The Bertz CT molecular complexity index is 539. The van der Waals surface area contributed by atoms with Gasteiger partial charge in [0.2, 0.25) is 5.91 Å². The topological polar surface area (TPSA) is 84.9 Å². The smallest absolute Gasteiger partial charge is 0.317 e. The van der Waals surface area contributed by atoms with E-state index in [-0.39, 0.29) is 11.9 Å². The van der Waals surface area contributed by atoms with Gasteiger partial charge in [0.1, 0.15) is 0 Å². The van der Waals surface area contributed by atoms with Crippen LogP contribution in [0.25, 0.3) is 0 Å². The third-order valence-corrected chi connectivity index (χ3v) is 5.39. The number of nitrogens with one attached hydrogen (secondary N) is 2. The van der Waals surface area contributed by atoms with Gasteiger partial charge >= 0.3 is 6.03 Å². The van der Waals surface area contributed by atoms with Gasteiger partial charge in [-0.1, -0.05) is 31.1 Å². The Balaban J connectivity index is 1.56. The molecule has 1 atom stereocenters. The molecule has 0 bridgehead atoms. The maximum Gasteiger partial charge on any atom is 0.317 e. The van der Waals surface area contributed by atoms with Crippen LogP contribution in [0.3, 0.4) is 0 Å². The van der Waals surface area contributed by atoms with Crippen molar-refractivity contribution in [3.63, 3.8) is 0 Å². The largest absolute Gasteiger partial charge is 0.338 e. The summed E-state index contributed by atoms with van der Waals surface area (Å²) in [5.74, 6) is -0.340. The van der Waals surface area contributed by atoms with Crippen LogP contribution >= 0.6 is 0 Å². The summed E-state index contributed by atoms with van der Waals surface area (Å²) in [4.78, 5) is 27.5. The van der Waals surface area contributed by atoms with Crippen LogP contribution in [0.5, 0.6) is 0 Å². The fourth-order valence-corrected chi connectivity index (χ4v) is 3.59. The van der Waals surface area contributed by atoms with Crippen LogP contribution in [0.1, 0.15) is 51.9 Å². The number of carbonyl (C=O) groups excluding carboxylic acids is 2. The lowest BCUT2D eigenvalue weighted by Crippen LogP contribution is -2.54. The van der Waals surface area contributed by atoms with Crippen LogP contribution in [0.15, 0.2) is 23.8 Å². The molecule has 1 unspecified atom stereocenters. The summed E-state index contributed by atoms with van der Waals surface area (Å²) < 4.78 is 0. The van der Waals surface area contributed by atoms with Gasteiger partial charge in [0.25, 0.3) is 0 Å². The Hall–Kier alpha value is -1.86. The molecule has 3 N–H and O–H groups in total. The Morgan fingerprint density at radius 3 is 2.52 bits per heavy atom. The van der Waals surface area contributed by atoms with E-state index in [0.29, 0.717) is 19.0 Å². The van der Waals surface area contributed by atoms with Gasteiger partial charge in [0.05, 0.1) is 0 Å². The summed E-state index contributed by atoms with van der Waals surface area (Å²) in [6.45, 7) is 6.27. The normalized spacial score (nSPS) is 18.7. The second-order valence-corrected chi connectivity index (χ2v) is 7.31. The summed E-state index contributed by atoms with van der Waals surface area (Å²) in [5.41, 5.74) is 3.03. The molecule has 1 heterocycles. The lowest BCUT2D eigenvalue weighted by molar-refractivity contribution is -0.129.